The molecule has 3 rings (SSSR count). The molecule has 0 spiro atoms. The van der Waals surface area contributed by atoms with Crippen LogP contribution >= 0.6 is 7.37 Å². The molecule has 1 aliphatic rings. The smallest absolute Gasteiger partial charge is 0.877 e. The molecule has 0 atom stereocenters. The van der Waals surface area contributed by atoms with Gasteiger partial charge in [0.1, 0.15) is 0 Å². The molecule has 0 N–H and O–H groups in total. The molecular formula is C19H16LiO3P. The molecule has 0 fully saturated rings. The molecule has 24 heavy (non-hydrogen) atoms. The molecule has 0 unspecified atom stereocenters. The monoisotopic (exact) mass is 330 g/mol. The molecule has 1 aliphatic heterocycles. The van der Waals surface area contributed by atoms with Gasteiger partial charge in [0.15, 0.2) is 0 Å². The van der Waals surface area contributed by atoms with Crippen LogP contribution in [0.3, 0.4) is 0 Å². The second-order valence-corrected chi connectivity index (χ2v) is 7.57. The van der Waals surface area contributed by atoms with Crippen molar-refractivity contribution >= 4 is 18.0 Å². The maximum Gasteiger partial charge on any atom is 1.00 e. The third kappa shape index (κ3) is 3.36. The first-order valence-corrected chi connectivity index (χ1v) is 8.85. The Morgan fingerprint density at radius 1 is 0.875 bits per heavy atom. The summed E-state index contributed by atoms with van der Waals surface area (Å²) in [6.07, 6.45) is 4.07. The van der Waals surface area contributed by atoms with Gasteiger partial charge in [-0.1, -0.05) is 60.7 Å². The summed E-state index contributed by atoms with van der Waals surface area (Å²) in [6, 6.07) is 18.7. The summed E-state index contributed by atoms with van der Waals surface area (Å²) in [7, 11) is -1.82. The maximum absolute atomic E-state index is 13.6. The molecule has 0 amide bonds. The number of hydrogen-bond donors (Lipinski definition) is 0. The fourth-order valence-corrected chi connectivity index (χ4v) is 4.92. The van der Waals surface area contributed by atoms with Crippen molar-refractivity contribution in [2.24, 2.45) is 0 Å². The molecule has 0 aliphatic carbocycles. The Labute approximate surface area is 154 Å². The van der Waals surface area contributed by atoms with E-state index in [0.29, 0.717) is 16.2 Å². The van der Waals surface area contributed by atoms with Crippen LogP contribution in [0.2, 0.25) is 0 Å². The van der Waals surface area contributed by atoms with Crippen molar-refractivity contribution in [2.45, 2.75) is 0 Å². The minimum absolute atomic E-state index is 0. The van der Waals surface area contributed by atoms with Crippen molar-refractivity contribution in [1.29, 1.82) is 0 Å². The third-order valence-corrected chi connectivity index (χ3v) is 6.33. The van der Waals surface area contributed by atoms with Gasteiger partial charge in [-0.3, -0.25) is 4.57 Å². The third-order valence-electron chi connectivity index (χ3n) is 3.77. The van der Waals surface area contributed by atoms with Crippen LogP contribution < -0.4 is 24.0 Å². The van der Waals surface area contributed by atoms with Gasteiger partial charge < -0.3 is 9.63 Å². The zero-order chi connectivity index (χ0) is 16.3. The summed E-state index contributed by atoms with van der Waals surface area (Å²) in [6.45, 7) is 0. The minimum Gasteiger partial charge on any atom is -0.877 e. The standard InChI is InChI=1S/C19H17O3P.Li/c1-22-23(21)18(16-8-4-2-5-9-16)12-15(14-20)13-19(23)17-10-6-3-7-11-17;/h2-14,20H,1H3;/q;+1/p-1. The fourth-order valence-electron chi connectivity index (χ4n) is 2.65. The van der Waals surface area contributed by atoms with Gasteiger partial charge in [-0.25, -0.2) is 0 Å². The molecule has 0 saturated carbocycles. The maximum atomic E-state index is 13.6. The molecule has 5 heteroatoms. The molecule has 1 heterocycles. The Kier molecular flexibility index (Phi) is 6.10. The SMILES string of the molecule is COP1(=O)C(c2ccccc2)=CC(=C[O-])C=C1c1ccccc1.[Li+]. The number of hydrogen-bond acceptors (Lipinski definition) is 3. The average Bonchev–Trinajstić information content (AvgIpc) is 2.63. The summed E-state index contributed by atoms with van der Waals surface area (Å²) >= 11 is 0. The molecule has 0 bridgehead atoms. The predicted octanol–water partition coefficient (Wildman–Crippen LogP) is 1.25. The second-order valence-electron chi connectivity index (χ2n) is 5.14. The van der Waals surface area contributed by atoms with E-state index in [-0.39, 0.29) is 18.9 Å². The van der Waals surface area contributed by atoms with Gasteiger partial charge in [-0.2, -0.15) is 0 Å². The molecule has 0 aromatic heterocycles. The van der Waals surface area contributed by atoms with Crippen molar-refractivity contribution in [2.75, 3.05) is 7.11 Å². The average molecular weight is 330 g/mol. The minimum atomic E-state index is -3.27. The van der Waals surface area contributed by atoms with Gasteiger partial charge >= 0.3 is 18.9 Å². The van der Waals surface area contributed by atoms with Gasteiger partial charge in [0.25, 0.3) is 7.37 Å². The first-order chi connectivity index (χ1) is 11.2. The van der Waals surface area contributed by atoms with Crippen molar-refractivity contribution in [3.05, 3.63) is 95.8 Å². The first-order valence-electron chi connectivity index (χ1n) is 7.22. The zero-order valence-electron chi connectivity index (χ0n) is 13.7. The quantitative estimate of drug-likeness (QED) is 0.484. The molecule has 2 aromatic carbocycles. The summed E-state index contributed by atoms with van der Waals surface area (Å²) < 4.78 is 19.1. The normalized spacial score (nSPS) is 19.8. The number of allylic oxidation sites excluding steroid dienone is 3. The Morgan fingerprint density at radius 3 is 1.62 bits per heavy atom. The van der Waals surface area contributed by atoms with Gasteiger partial charge in [0.05, 0.1) is 0 Å². The van der Waals surface area contributed by atoms with E-state index < -0.39 is 7.37 Å². The van der Waals surface area contributed by atoms with Crippen molar-refractivity contribution in [3.63, 3.8) is 0 Å². The summed E-state index contributed by atoms with van der Waals surface area (Å²) in [5, 5.41) is 12.4. The van der Waals surface area contributed by atoms with Crippen LogP contribution in [0.25, 0.3) is 10.6 Å². The van der Waals surface area contributed by atoms with Crippen LogP contribution in [0.1, 0.15) is 11.1 Å². The van der Waals surface area contributed by atoms with E-state index >= 15 is 0 Å². The van der Waals surface area contributed by atoms with Crippen LogP contribution in [-0.2, 0) is 9.09 Å². The van der Waals surface area contributed by atoms with Crippen LogP contribution in [0.5, 0.6) is 0 Å². The Balaban J connectivity index is 0.00000208. The summed E-state index contributed by atoms with van der Waals surface area (Å²) in [5.74, 6) is 0. The Bertz CT molecular complexity index is 776. The topological polar surface area (TPSA) is 49.4 Å². The van der Waals surface area contributed by atoms with E-state index in [9.17, 15) is 9.67 Å². The van der Waals surface area contributed by atoms with Gasteiger partial charge in [0, 0.05) is 17.7 Å². The second kappa shape index (κ2) is 7.88. The molecule has 116 valence electrons. The van der Waals surface area contributed by atoms with Crippen LogP contribution in [0.4, 0.5) is 0 Å². The summed E-state index contributed by atoms with van der Waals surface area (Å²) in [4.78, 5) is 0. The Hall–Kier alpha value is -1.75. The number of benzene rings is 2. The van der Waals surface area contributed by atoms with E-state index in [1.807, 2.05) is 60.7 Å². The molecular weight excluding hydrogens is 314 g/mol. The molecule has 3 nitrogen and oxygen atoms in total. The van der Waals surface area contributed by atoms with Gasteiger partial charge in [-0.05, 0) is 28.9 Å². The van der Waals surface area contributed by atoms with Crippen molar-refractivity contribution in [3.8, 4) is 0 Å². The van der Waals surface area contributed by atoms with E-state index in [1.54, 1.807) is 12.2 Å². The van der Waals surface area contributed by atoms with E-state index in [2.05, 4.69) is 0 Å². The molecule has 0 radical (unpaired) electrons. The van der Waals surface area contributed by atoms with E-state index in [0.717, 1.165) is 17.4 Å². The van der Waals surface area contributed by atoms with E-state index in [1.165, 1.54) is 7.11 Å². The van der Waals surface area contributed by atoms with Crippen LogP contribution in [0.15, 0.2) is 84.7 Å². The van der Waals surface area contributed by atoms with Crippen LogP contribution in [-0.4, -0.2) is 7.11 Å². The zero-order valence-corrected chi connectivity index (χ0v) is 14.6. The van der Waals surface area contributed by atoms with Crippen molar-refractivity contribution in [1.82, 2.24) is 0 Å². The van der Waals surface area contributed by atoms with Gasteiger partial charge in [-0.15, -0.1) is 6.26 Å². The first kappa shape index (κ1) is 18.6. The fraction of sp³-hybridized carbons (Fsp3) is 0.0526. The van der Waals surface area contributed by atoms with E-state index in [4.69, 9.17) is 4.52 Å². The molecule has 0 saturated heterocycles. The Morgan fingerprint density at radius 2 is 1.29 bits per heavy atom. The van der Waals surface area contributed by atoms with Gasteiger partial charge in [0.2, 0.25) is 0 Å². The summed E-state index contributed by atoms with van der Waals surface area (Å²) in [5.41, 5.74) is 2.06. The molecule has 2 aromatic rings. The van der Waals surface area contributed by atoms with Crippen molar-refractivity contribution < 1.29 is 33.1 Å². The largest absolute Gasteiger partial charge is 1.00 e. The number of rotatable bonds is 3. The predicted molar refractivity (Wildman–Crippen MR) is 91.5 cm³/mol. The van der Waals surface area contributed by atoms with Crippen LogP contribution in [0, 0.1) is 0 Å².